The minimum atomic E-state index is -2.43. The van der Waals surface area contributed by atoms with E-state index in [1.807, 2.05) is 58.1 Å². The van der Waals surface area contributed by atoms with Crippen LogP contribution in [0.25, 0.3) is 0 Å². The second kappa shape index (κ2) is 25.1. The van der Waals surface area contributed by atoms with Gasteiger partial charge in [0, 0.05) is 58.5 Å². The summed E-state index contributed by atoms with van der Waals surface area (Å²) >= 11 is 0. The van der Waals surface area contributed by atoms with E-state index >= 15 is 0 Å². The van der Waals surface area contributed by atoms with Crippen LogP contribution >= 0.6 is 0 Å². The van der Waals surface area contributed by atoms with Crippen molar-refractivity contribution in [2.45, 2.75) is 180 Å². The number of allylic oxidation sites excluding steroid dienone is 6. The topological polar surface area (TPSA) is 195 Å². The van der Waals surface area contributed by atoms with Crippen molar-refractivity contribution in [2.75, 3.05) is 27.9 Å². The number of carbonyl (C=O) groups excluding carboxylic acids is 5. The summed E-state index contributed by atoms with van der Waals surface area (Å²) in [5.41, 5.74) is 1.27. The Kier molecular flexibility index (Phi) is 21.0. The van der Waals surface area contributed by atoms with Crippen LogP contribution < -0.4 is 0 Å². The number of hydrogen-bond acceptors (Lipinski definition) is 13. The molecule has 0 aromatic heterocycles. The lowest BCUT2D eigenvalue weighted by Gasteiger charge is -2.42. The highest BCUT2D eigenvalue weighted by Gasteiger charge is 2.53. The smallest absolute Gasteiger partial charge is 0.329 e. The normalized spacial score (nSPS) is 39.1. The van der Waals surface area contributed by atoms with E-state index in [2.05, 4.69) is 0 Å². The van der Waals surface area contributed by atoms with Crippen LogP contribution in [0.3, 0.4) is 0 Å². The molecule has 14 nitrogen and oxygen atoms in total. The molecule has 0 aromatic carbocycles. The van der Waals surface area contributed by atoms with Crippen molar-refractivity contribution in [3.05, 3.63) is 47.6 Å². The fourth-order valence-corrected chi connectivity index (χ4v) is 10.1. The predicted octanol–water partition coefficient (Wildman–Crippen LogP) is 6.18. The summed E-state index contributed by atoms with van der Waals surface area (Å²) in [5, 5.41) is 33.8. The monoisotopic (exact) mass is 914 g/mol. The Morgan fingerprint density at radius 3 is 2.25 bits per heavy atom. The quantitative estimate of drug-likeness (QED) is 0.156. The molecule has 366 valence electrons. The van der Waals surface area contributed by atoms with E-state index in [1.165, 1.54) is 12.0 Å². The second-order valence-corrected chi connectivity index (χ2v) is 19.6. The van der Waals surface area contributed by atoms with Gasteiger partial charge in [0.15, 0.2) is 5.78 Å². The number of esters is 1. The van der Waals surface area contributed by atoms with Crippen molar-refractivity contribution >= 4 is 29.2 Å². The van der Waals surface area contributed by atoms with Gasteiger partial charge in [-0.1, -0.05) is 71.1 Å². The Morgan fingerprint density at radius 2 is 1.57 bits per heavy atom. The van der Waals surface area contributed by atoms with Crippen LogP contribution in [0.1, 0.15) is 126 Å². The SMILES string of the molecule is CO[C@H]1C[C@@H]2CC[C@@H](C)[C@@](O)(O2)C(=O)C(=O)N2CCCCC2C(=O)OC([C@H](C)C[C@@H]2CC[C@@H](O)[C@H](OC)C2)CC(=O)C(C)/C=C(\C)C(O)[C@@H](OC)C(=O)[C@H](C)C[C@H](C)/C=C/C=CC=C1C. The molecule has 65 heavy (non-hydrogen) atoms. The molecule has 3 aliphatic heterocycles. The highest BCUT2D eigenvalue weighted by molar-refractivity contribution is 6.39. The molecule has 4 rings (SSSR count). The zero-order valence-corrected chi connectivity index (χ0v) is 40.6. The summed E-state index contributed by atoms with van der Waals surface area (Å²) in [6.07, 6.45) is 11.2. The number of hydrogen-bond donors (Lipinski definition) is 3. The number of amides is 1. The maximum Gasteiger partial charge on any atom is 0.329 e. The zero-order valence-electron chi connectivity index (χ0n) is 40.6. The summed E-state index contributed by atoms with van der Waals surface area (Å²) in [4.78, 5) is 71.8. The number of aliphatic hydroxyl groups excluding tert-OH is 2. The van der Waals surface area contributed by atoms with Gasteiger partial charge in [-0.05, 0) is 107 Å². The molecule has 4 unspecified atom stereocenters. The van der Waals surface area contributed by atoms with Crippen molar-refractivity contribution in [3.63, 3.8) is 0 Å². The fraction of sp³-hybridized carbons (Fsp3) is 0.745. The van der Waals surface area contributed by atoms with Crippen LogP contribution in [-0.4, -0.2) is 132 Å². The highest BCUT2D eigenvalue weighted by atomic mass is 16.6. The van der Waals surface area contributed by atoms with Crippen molar-refractivity contribution in [1.82, 2.24) is 4.90 Å². The van der Waals surface area contributed by atoms with E-state index in [9.17, 15) is 39.3 Å². The Bertz CT molecular complexity index is 1760. The summed E-state index contributed by atoms with van der Waals surface area (Å²) in [5.74, 6) is -7.96. The largest absolute Gasteiger partial charge is 0.460 e. The number of cyclic esters (lactones) is 1. The number of ether oxygens (including phenoxy) is 5. The molecular weight excluding hydrogens is 835 g/mol. The predicted molar refractivity (Wildman–Crippen MR) is 245 cm³/mol. The number of Topliss-reactive ketones (excluding diaryl/α,β-unsaturated/α-hetero) is 3. The number of carbonyl (C=O) groups is 5. The number of aliphatic hydroxyl groups is 3. The van der Waals surface area contributed by atoms with Crippen molar-refractivity contribution < 1.29 is 63.0 Å². The fourth-order valence-electron chi connectivity index (χ4n) is 10.1. The number of ketones is 3. The lowest BCUT2D eigenvalue weighted by Crippen LogP contribution is -2.61. The maximum absolute atomic E-state index is 14.4. The van der Waals surface area contributed by atoms with Gasteiger partial charge in [-0.2, -0.15) is 0 Å². The lowest BCUT2D eigenvalue weighted by atomic mass is 9.78. The summed E-state index contributed by atoms with van der Waals surface area (Å²) in [6.45, 7) is 12.7. The van der Waals surface area contributed by atoms with E-state index in [0.717, 1.165) is 12.0 Å². The standard InChI is InChI=1S/C51H79NO13/c1-30-16-12-11-13-17-31(2)42(61-8)28-38-21-19-36(7)51(60,65-38)48(57)49(58)52-23-15-14-18-39(52)50(59)64-43(33(4)26-37-20-22-40(53)44(27-37)62-9)29-41(54)32(3)25-35(6)46(56)47(63-10)45(55)34(5)24-30/h11-13,16-17,25,30,32-34,36-40,42-44,46-47,53,56,60H,14-15,18-24,26-29H2,1-10H3/b13-11?,16-12+,31-17?,35-25+/t30-,32?,33-,34-,36-,37+,38+,39?,40-,42+,43?,44-,46?,47+,51-/m1/s1. The van der Waals surface area contributed by atoms with Crippen molar-refractivity contribution in [2.24, 2.45) is 35.5 Å². The summed E-state index contributed by atoms with van der Waals surface area (Å²) in [7, 11) is 4.52. The molecule has 0 spiro atoms. The van der Waals surface area contributed by atoms with Gasteiger partial charge in [-0.3, -0.25) is 19.2 Å². The van der Waals surface area contributed by atoms with Gasteiger partial charge in [0.1, 0.15) is 30.1 Å². The maximum atomic E-state index is 14.4. The number of fused-ring (bicyclic) bond motifs is 3. The molecule has 3 N–H and O–H groups in total. The van der Waals surface area contributed by atoms with Crippen LogP contribution in [0.2, 0.25) is 0 Å². The van der Waals surface area contributed by atoms with Crippen LogP contribution in [0.15, 0.2) is 47.6 Å². The molecule has 1 amide bonds. The van der Waals surface area contributed by atoms with Crippen LogP contribution in [0.4, 0.5) is 0 Å². The molecule has 0 radical (unpaired) electrons. The third-order valence-corrected chi connectivity index (χ3v) is 14.5. The Morgan fingerprint density at radius 1 is 0.846 bits per heavy atom. The molecular formula is C51H79NO13. The summed E-state index contributed by atoms with van der Waals surface area (Å²) in [6, 6.07) is -1.14. The Balaban J connectivity index is 1.70. The molecule has 2 saturated heterocycles. The van der Waals surface area contributed by atoms with Gasteiger partial charge in [-0.25, -0.2) is 4.79 Å². The van der Waals surface area contributed by atoms with Gasteiger partial charge in [0.25, 0.3) is 11.7 Å². The molecule has 2 bridgehead atoms. The molecule has 14 heteroatoms. The number of methoxy groups -OCH3 is 3. The molecule has 3 fully saturated rings. The second-order valence-electron chi connectivity index (χ2n) is 19.6. The minimum absolute atomic E-state index is 0.0193. The molecule has 4 aliphatic rings. The van der Waals surface area contributed by atoms with Gasteiger partial charge in [0.05, 0.1) is 24.4 Å². The average Bonchev–Trinajstić information content (AvgIpc) is 3.28. The third kappa shape index (κ3) is 14.3. The van der Waals surface area contributed by atoms with Gasteiger partial charge >= 0.3 is 5.97 Å². The van der Waals surface area contributed by atoms with Gasteiger partial charge < -0.3 is 43.9 Å². The third-order valence-electron chi connectivity index (χ3n) is 14.5. The van der Waals surface area contributed by atoms with Gasteiger partial charge in [-0.15, -0.1) is 0 Å². The van der Waals surface area contributed by atoms with E-state index in [0.29, 0.717) is 63.4 Å². The number of rotatable bonds is 6. The average molecular weight is 914 g/mol. The summed E-state index contributed by atoms with van der Waals surface area (Å²) < 4.78 is 29.4. The van der Waals surface area contributed by atoms with Crippen molar-refractivity contribution in [1.29, 1.82) is 0 Å². The van der Waals surface area contributed by atoms with Crippen molar-refractivity contribution in [3.8, 4) is 0 Å². The first-order chi connectivity index (χ1) is 30.7. The first kappa shape index (κ1) is 54.2. The minimum Gasteiger partial charge on any atom is -0.460 e. The van der Waals surface area contributed by atoms with E-state index in [4.69, 9.17) is 23.7 Å². The Labute approximate surface area is 387 Å². The van der Waals surface area contributed by atoms with Gasteiger partial charge in [0.2, 0.25) is 5.79 Å². The molecule has 1 saturated carbocycles. The first-order valence-electron chi connectivity index (χ1n) is 23.9. The molecule has 15 atom stereocenters. The highest BCUT2D eigenvalue weighted by Crippen LogP contribution is 2.38. The van der Waals surface area contributed by atoms with Crippen LogP contribution in [0, 0.1) is 35.5 Å². The number of nitrogens with zero attached hydrogens (tertiary/aromatic N) is 1. The van der Waals surface area contributed by atoms with E-state index in [1.54, 1.807) is 41.1 Å². The molecule has 3 heterocycles. The molecule has 0 aromatic rings. The van der Waals surface area contributed by atoms with E-state index in [-0.39, 0.29) is 54.8 Å². The Hall–Kier alpha value is -3.37. The lowest BCUT2D eigenvalue weighted by molar-refractivity contribution is -0.265. The molecule has 1 aliphatic carbocycles. The van der Waals surface area contributed by atoms with Crippen LogP contribution in [0.5, 0.6) is 0 Å². The first-order valence-corrected chi connectivity index (χ1v) is 23.9. The zero-order chi connectivity index (χ0) is 48.2. The number of piperidine rings is 1. The van der Waals surface area contributed by atoms with E-state index < -0.39 is 83.9 Å². The van der Waals surface area contributed by atoms with Crippen LogP contribution in [-0.2, 0) is 47.7 Å².